The Morgan fingerprint density at radius 1 is 0.326 bits per heavy atom. The average Bonchev–Trinajstić information content (AvgIpc) is 1.38. The van der Waals surface area contributed by atoms with Crippen LogP contribution in [0, 0.1) is 17.8 Å². The van der Waals surface area contributed by atoms with Crippen LogP contribution in [0.1, 0.15) is 363 Å². The number of hydrogen-bond acceptors (Lipinski definition) is 15. The maximum absolute atomic E-state index is 13.1. The van der Waals surface area contributed by atoms with Crippen molar-refractivity contribution in [2.24, 2.45) is 17.8 Å². The highest BCUT2D eigenvalue weighted by Gasteiger charge is 2.30. The zero-order valence-electron chi connectivity index (χ0n) is 61.6. The molecule has 3 N–H and O–H groups in total. The number of ether oxygens (including phenoxy) is 4. The predicted octanol–water partition coefficient (Wildman–Crippen LogP) is 21.7. The summed E-state index contributed by atoms with van der Waals surface area (Å²) in [7, 11) is -9.92. The quantitative estimate of drug-likeness (QED) is 0.0169. The summed E-state index contributed by atoms with van der Waals surface area (Å²) in [4.78, 5) is 72.7. The summed E-state index contributed by atoms with van der Waals surface area (Å²) in [5.74, 6) is 0.0836. The Balaban J connectivity index is 5.26. The summed E-state index contributed by atoms with van der Waals surface area (Å²) in [6.07, 6.45) is 55.1. The van der Waals surface area contributed by atoms with E-state index in [4.69, 9.17) is 37.0 Å². The van der Waals surface area contributed by atoms with Crippen LogP contribution in [0.15, 0.2) is 24.3 Å². The zero-order chi connectivity index (χ0) is 70.1. The van der Waals surface area contributed by atoms with Gasteiger partial charge < -0.3 is 33.8 Å². The normalized spacial score (nSPS) is 14.2. The van der Waals surface area contributed by atoms with Gasteiger partial charge in [-0.05, 0) is 69.1 Å². The molecule has 0 rings (SSSR count). The molecule has 0 aliphatic rings. The summed E-state index contributed by atoms with van der Waals surface area (Å²) >= 11 is 0. The van der Waals surface area contributed by atoms with Gasteiger partial charge in [0.15, 0.2) is 12.2 Å². The molecule has 2 unspecified atom stereocenters. The highest BCUT2D eigenvalue weighted by molar-refractivity contribution is 7.47. The number of allylic oxidation sites excluding steroid dienone is 4. The van der Waals surface area contributed by atoms with Crippen molar-refractivity contribution < 1.29 is 80.2 Å². The van der Waals surface area contributed by atoms with Crippen molar-refractivity contribution >= 4 is 39.5 Å². The van der Waals surface area contributed by atoms with Crippen molar-refractivity contribution in [2.75, 3.05) is 39.6 Å². The molecule has 0 aromatic carbocycles. The van der Waals surface area contributed by atoms with Crippen LogP contribution in [0.2, 0.25) is 0 Å². The van der Waals surface area contributed by atoms with Crippen LogP contribution in [0.25, 0.3) is 0 Å². The van der Waals surface area contributed by atoms with E-state index >= 15 is 0 Å². The van der Waals surface area contributed by atoms with Crippen molar-refractivity contribution in [3.63, 3.8) is 0 Å². The highest BCUT2D eigenvalue weighted by Crippen LogP contribution is 2.45. The van der Waals surface area contributed by atoms with Crippen molar-refractivity contribution in [1.82, 2.24) is 0 Å². The lowest BCUT2D eigenvalue weighted by Gasteiger charge is -2.21. The number of esters is 4. The van der Waals surface area contributed by atoms with Gasteiger partial charge in [0.05, 0.1) is 26.4 Å². The SMILES string of the molecule is CCCCCC/C=C\C=C/CCCCCCCC(=O)O[C@H](COC(=O)CCCCCCCCC(C)C)COP(=O)(O)OC[C@H](O)COP(=O)(O)OC[C@@H](COC(=O)CCCCCCCCCCCCC(C)C)OC(=O)CCCCCCCCCCCCCCCCCC(C)C. The van der Waals surface area contributed by atoms with E-state index in [9.17, 15) is 43.2 Å². The molecule has 95 heavy (non-hydrogen) atoms. The molecular weight excluding hydrogens is 1250 g/mol. The molecule has 0 aliphatic carbocycles. The number of carbonyl (C=O) groups excluding carboxylic acids is 4. The molecule has 0 amide bonds. The number of rotatable bonds is 72. The average molecular weight is 1390 g/mol. The summed E-state index contributed by atoms with van der Waals surface area (Å²) in [5.41, 5.74) is 0. The Bertz CT molecular complexity index is 1950. The van der Waals surface area contributed by atoms with Gasteiger partial charge in [0.2, 0.25) is 0 Å². The van der Waals surface area contributed by atoms with E-state index in [1.54, 1.807) is 0 Å². The van der Waals surface area contributed by atoms with E-state index in [1.807, 2.05) is 0 Å². The molecule has 0 aromatic heterocycles. The lowest BCUT2D eigenvalue weighted by atomic mass is 10.0. The fourth-order valence-electron chi connectivity index (χ4n) is 11.1. The molecule has 0 aromatic rings. The van der Waals surface area contributed by atoms with E-state index < -0.39 is 97.5 Å². The van der Waals surface area contributed by atoms with Gasteiger partial charge in [-0.3, -0.25) is 37.3 Å². The van der Waals surface area contributed by atoms with E-state index in [0.29, 0.717) is 31.6 Å². The fourth-order valence-corrected chi connectivity index (χ4v) is 12.6. The van der Waals surface area contributed by atoms with Crippen molar-refractivity contribution in [3.8, 4) is 0 Å². The summed E-state index contributed by atoms with van der Waals surface area (Å²) in [5, 5.41) is 10.6. The predicted molar refractivity (Wildman–Crippen MR) is 386 cm³/mol. The first-order valence-electron chi connectivity index (χ1n) is 38.7. The molecule has 17 nitrogen and oxygen atoms in total. The second-order valence-electron chi connectivity index (χ2n) is 28.1. The van der Waals surface area contributed by atoms with Crippen LogP contribution in [0.4, 0.5) is 0 Å². The number of carbonyl (C=O) groups is 4. The Hall–Kier alpha value is -2.46. The number of phosphoric acid groups is 2. The van der Waals surface area contributed by atoms with Gasteiger partial charge in [0.1, 0.15) is 19.3 Å². The standard InChI is InChI=1S/C76H144O17P2/c1-8-9-10-11-12-13-14-15-17-21-24-31-36-45-52-60-76(81)93-72(64-87-74(79)58-51-44-39-38-42-49-56-69(6)7)66-91-95(84,85)89-62-70(77)61-88-94(82,83)90-65-71(63-86-73(78)57-50-43-35-30-27-26-29-34-41-48-55-68(4)5)92-75(80)59-53-46-37-32-25-22-19-16-18-20-23-28-33-40-47-54-67(2)3/h13-15,17,67-72,77H,8-12,16,18-66H2,1-7H3,(H,82,83)(H,84,85)/b14-13-,17-15-/t70-,71-,72-/m1/s1. The van der Waals surface area contributed by atoms with Crippen molar-refractivity contribution in [3.05, 3.63) is 24.3 Å². The highest BCUT2D eigenvalue weighted by atomic mass is 31.2. The van der Waals surface area contributed by atoms with E-state index in [1.165, 1.54) is 154 Å². The zero-order valence-corrected chi connectivity index (χ0v) is 63.4. The maximum Gasteiger partial charge on any atom is 0.472 e. The number of aliphatic hydroxyl groups excluding tert-OH is 1. The minimum absolute atomic E-state index is 0.0837. The first kappa shape index (κ1) is 92.5. The second kappa shape index (κ2) is 66.1. The largest absolute Gasteiger partial charge is 0.472 e. The smallest absolute Gasteiger partial charge is 0.462 e. The van der Waals surface area contributed by atoms with Crippen LogP contribution in [0.3, 0.4) is 0 Å². The van der Waals surface area contributed by atoms with E-state index in [0.717, 1.165) is 121 Å². The van der Waals surface area contributed by atoms with Gasteiger partial charge in [-0.2, -0.15) is 0 Å². The monoisotopic (exact) mass is 1390 g/mol. The minimum atomic E-state index is -4.96. The Morgan fingerprint density at radius 3 is 0.853 bits per heavy atom. The van der Waals surface area contributed by atoms with Crippen LogP contribution in [-0.4, -0.2) is 96.7 Å². The van der Waals surface area contributed by atoms with Gasteiger partial charge in [-0.25, -0.2) is 9.13 Å². The summed E-state index contributed by atoms with van der Waals surface area (Å²) in [6, 6.07) is 0. The molecule has 0 aliphatic heterocycles. The number of unbranched alkanes of at least 4 members (excludes halogenated alkanes) is 37. The lowest BCUT2D eigenvalue weighted by molar-refractivity contribution is -0.161. The number of aliphatic hydroxyl groups is 1. The molecule has 0 radical (unpaired) electrons. The summed E-state index contributed by atoms with van der Waals surface area (Å²) < 4.78 is 68.4. The topological polar surface area (TPSA) is 237 Å². The molecule has 0 bridgehead atoms. The van der Waals surface area contributed by atoms with Gasteiger partial charge in [0, 0.05) is 25.7 Å². The first-order valence-corrected chi connectivity index (χ1v) is 41.7. The lowest BCUT2D eigenvalue weighted by Crippen LogP contribution is -2.30. The van der Waals surface area contributed by atoms with E-state index in [-0.39, 0.29) is 25.7 Å². The second-order valence-corrected chi connectivity index (χ2v) is 31.0. The van der Waals surface area contributed by atoms with Crippen LogP contribution < -0.4 is 0 Å². The first-order chi connectivity index (χ1) is 45.7. The van der Waals surface area contributed by atoms with Gasteiger partial charge in [0.25, 0.3) is 0 Å². The Morgan fingerprint density at radius 2 is 0.568 bits per heavy atom. The molecule has 0 saturated heterocycles. The van der Waals surface area contributed by atoms with Crippen LogP contribution >= 0.6 is 15.6 Å². The molecule has 0 heterocycles. The molecule has 0 fully saturated rings. The van der Waals surface area contributed by atoms with Gasteiger partial charge in [-0.1, -0.05) is 310 Å². The van der Waals surface area contributed by atoms with Gasteiger partial charge >= 0.3 is 39.5 Å². The van der Waals surface area contributed by atoms with Crippen molar-refractivity contribution in [1.29, 1.82) is 0 Å². The Kier molecular flexibility index (Phi) is 64.4. The molecule has 5 atom stereocenters. The third-order valence-electron chi connectivity index (χ3n) is 17.0. The number of hydrogen-bond donors (Lipinski definition) is 3. The molecule has 0 spiro atoms. The van der Waals surface area contributed by atoms with Crippen LogP contribution in [0.5, 0.6) is 0 Å². The van der Waals surface area contributed by atoms with Gasteiger partial charge in [-0.15, -0.1) is 0 Å². The van der Waals surface area contributed by atoms with Crippen LogP contribution in [-0.2, 0) is 65.4 Å². The number of phosphoric ester groups is 2. The fraction of sp³-hybridized carbons (Fsp3) is 0.895. The Labute approximate surface area is 580 Å². The minimum Gasteiger partial charge on any atom is -0.462 e. The summed E-state index contributed by atoms with van der Waals surface area (Å²) in [6.45, 7) is 11.8. The molecule has 560 valence electrons. The third kappa shape index (κ3) is 69.8. The molecular formula is C76H144O17P2. The molecule has 19 heteroatoms. The third-order valence-corrected chi connectivity index (χ3v) is 18.9. The maximum atomic E-state index is 13.1. The molecule has 0 saturated carbocycles. The van der Waals surface area contributed by atoms with E-state index in [2.05, 4.69) is 72.8 Å². The van der Waals surface area contributed by atoms with Crippen molar-refractivity contribution in [2.45, 2.75) is 381 Å².